The van der Waals surface area contributed by atoms with E-state index in [0.717, 1.165) is 19.4 Å². The molecule has 1 fully saturated rings. The van der Waals surface area contributed by atoms with Crippen LogP contribution >= 0.6 is 11.8 Å². The summed E-state index contributed by atoms with van der Waals surface area (Å²) in [6.07, 6.45) is 2.26. The van der Waals surface area contributed by atoms with Gasteiger partial charge >= 0.3 is 0 Å². The fraction of sp³-hybridized carbons (Fsp3) is 0.833. The van der Waals surface area contributed by atoms with E-state index in [1.807, 2.05) is 0 Å². The summed E-state index contributed by atoms with van der Waals surface area (Å²) in [5, 5.41) is 0.692. The highest BCUT2D eigenvalue weighted by Crippen LogP contribution is 2.31. The average molecular weight is 158 g/mol. The molecule has 10 heavy (non-hydrogen) atoms. The zero-order valence-corrected chi connectivity index (χ0v) is 6.43. The Morgan fingerprint density at radius 3 is 3.40 bits per heavy atom. The van der Waals surface area contributed by atoms with Crippen LogP contribution in [0.15, 0.2) is 4.99 Å². The largest absolute Gasteiger partial charge is 0.378 e. The van der Waals surface area contributed by atoms with Crippen molar-refractivity contribution < 1.29 is 4.74 Å². The first-order valence-corrected chi connectivity index (χ1v) is 4.36. The molecule has 2 aliphatic rings. The smallest absolute Gasteiger partial charge is 0.156 e. The monoisotopic (exact) mass is 158 g/mol. The van der Waals surface area contributed by atoms with E-state index in [1.54, 1.807) is 11.8 Å². The summed E-state index contributed by atoms with van der Waals surface area (Å²) in [4.78, 5) is 4.24. The summed E-state index contributed by atoms with van der Waals surface area (Å²) in [7, 11) is 0. The van der Waals surface area contributed by atoms with E-state index < -0.39 is 0 Å². The predicted octanol–water partition coefficient (Wildman–Crippen LogP) is 0.553. The Balaban J connectivity index is 2.06. The van der Waals surface area contributed by atoms with Gasteiger partial charge in [-0.15, -0.1) is 0 Å². The van der Waals surface area contributed by atoms with Crippen molar-refractivity contribution in [2.45, 2.75) is 24.3 Å². The summed E-state index contributed by atoms with van der Waals surface area (Å²) in [6.45, 7) is 0.872. The van der Waals surface area contributed by atoms with Gasteiger partial charge in [-0.25, -0.2) is 0 Å². The summed E-state index contributed by atoms with van der Waals surface area (Å²) in [5.41, 5.74) is 5.76. The lowest BCUT2D eigenvalue weighted by Gasteiger charge is -2.22. The molecule has 2 unspecified atom stereocenters. The number of rotatable bonds is 0. The highest BCUT2D eigenvalue weighted by Gasteiger charge is 2.31. The Bertz CT molecular complexity index is 171. The number of fused-ring (bicyclic) bond motifs is 1. The molecular weight excluding hydrogens is 148 g/mol. The first kappa shape index (κ1) is 6.49. The molecule has 0 aromatic rings. The molecule has 3 nitrogen and oxygen atoms in total. The SMILES string of the molecule is NC1=NC2CCCOC2S1. The third-order valence-electron chi connectivity index (χ3n) is 1.77. The van der Waals surface area contributed by atoms with Gasteiger partial charge in [0, 0.05) is 6.61 Å². The van der Waals surface area contributed by atoms with E-state index in [2.05, 4.69) is 4.99 Å². The minimum Gasteiger partial charge on any atom is -0.378 e. The first-order valence-electron chi connectivity index (χ1n) is 3.48. The lowest BCUT2D eigenvalue weighted by molar-refractivity contribution is 0.0615. The summed E-state index contributed by atoms with van der Waals surface area (Å²) >= 11 is 1.55. The van der Waals surface area contributed by atoms with Gasteiger partial charge in [0.2, 0.25) is 0 Å². The lowest BCUT2D eigenvalue weighted by atomic mass is 10.1. The predicted molar refractivity (Wildman–Crippen MR) is 42.0 cm³/mol. The second-order valence-electron chi connectivity index (χ2n) is 2.53. The van der Waals surface area contributed by atoms with E-state index in [-0.39, 0.29) is 5.44 Å². The average Bonchev–Trinajstić information content (AvgIpc) is 2.27. The fourth-order valence-corrected chi connectivity index (χ4v) is 2.24. The Hall–Kier alpha value is -0.220. The highest BCUT2D eigenvalue weighted by atomic mass is 32.2. The van der Waals surface area contributed by atoms with Crippen LogP contribution in [0.5, 0.6) is 0 Å². The van der Waals surface area contributed by atoms with E-state index in [9.17, 15) is 0 Å². The molecule has 2 heterocycles. The van der Waals surface area contributed by atoms with Crippen molar-refractivity contribution in [1.82, 2.24) is 0 Å². The molecule has 2 rings (SSSR count). The molecule has 0 aliphatic carbocycles. The number of aliphatic imine (C=N–C) groups is 1. The number of hydrogen-bond acceptors (Lipinski definition) is 4. The number of amidine groups is 1. The zero-order valence-electron chi connectivity index (χ0n) is 5.62. The third kappa shape index (κ3) is 1.01. The van der Waals surface area contributed by atoms with Crippen molar-refractivity contribution in [3.8, 4) is 0 Å². The van der Waals surface area contributed by atoms with E-state index in [0.29, 0.717) is 11.2 Å². The number of hydrogen-bond donors (Lipinski definition) is 1. The van der Waals surface area contributed by atoms with Crippen LogP contribution < -0.4 is 5.73 Å². The van der Waals surface area contributed by atoms with Crippen LogP contribution in [0.3, 0.4) is 0 Å². The molecule has 4 heteroatoms. The molecule has 0 radical (unpaired) electrons. The van der Waals surface area contributed by atoms with Crippen molar-refractivity contribution in [3.63, 3.8) is 0 Å². The molecule has 0 aromatic carbocycles. The van der Waals surface area contributed by atoms with Gasteiger partial charge < -0.3 is 10.5 Å². The molecule has 2 atom stereocenters. The minimum atomic E-state index is 0.230. The quantitative estimate of drug-likeness (QED) is 0.560. The summed E-state index contributed by atoms with van der Waals surface area (Å²) in [5.74, 6) is 0. The zero-order chi connectivity index (χ0) is 6.97. The van der Waals surface area contributed by atoms with Crippen molar-refractivity contribution in [1.29, 1.82) is 0 Å². The van der Waals surface area contributed by atoms with Gasteiger partial charge in [0.25, 0.3) is 0 Å². The van der Waals surface area contributed by atoms with Gasteiger partial charge in [0.05, 0.1) is 6.04 Å². The number of thioether (sulfide) groups is 1. The van der Waals surface area contributed by atoms with Crippen LogP contribution in [0.2, 0.25) is 0 Å². The molecule has 0 saturated carbocycles. The molecule has 0 aromatic heterocycles. The topological polar surface area (TPSA) is 47.6 Å². The molecule has 1 saturated heterocycles. The van der Waals surface area contributed by atoms with E-state index in [1.165, 1.54) is 0 Å². The maximum atomic E-state index is 5.53. The Morgan fingerprint density at radius 2 is 2.60 bits per heavy atom. The van der Waals surface area contributed by atoms with Crippen LogP contribution in [-0.2, 0) is 4.74 Å². The van der Waals surface area contributed by atoms with Crippen LogP contribution in [-0.4, -0.2) is 23.3 Å². The van der Waals surface area contributed by atoms with Crippen LogP contribution in [0.25, 0.3) is 0 Å². The molecule has 2 N–H and O–H groups in total. The van der Waals surface area contributed by atoms with Crippen molar-refractivity contribution in [3.05, 3.63) is 0 Å². The van der Waals surface area contributed by atoms with Crippen molar-refractivity contribution in [2.24, 2.45) is 10.7 Å². The maximum absolute atomic E-state index is 5.53. The summed E-state index contributed by atoms with van der Waals surface area (Å²) < 4.78 is 5.44. The molecule has 0 spiro atoms. The second-order valence-corrected chi connectivity index (χ2v) is 3.65. The standard InChI is InChI=1S/C6H10N2OS/c7-6-8-4-2-1-3-9-5(4)10-6/h4-5H,1-3H2,(H2,7,8). The van der Waals surface area contributed by atoms with Crippen LogP contribution in [0.1, 0.15) is 12.8 Å². The number of nitrogens with two attached hydrogens (primary N) is 1. The Kier molecular flexibility index (Phi) is 1.58. The van der Waals surface area contributed by atoms with Crippen LogP contribution in [0, 0.1) is 0 Å². The molecule has 0 amide bonds. The van der Waals surface area contributed by atoms with Gasteiger partial charge in [0.15, 0.2) is 5.17 Å². The Morgan fingerprint density at radius 1 is 1.70 bits per heavy atom. The van der Waals surface area contributed by atoms with Crippen molar-refractivity contribution in [2.75, 3.05) is 6.61 Å². The van der Waals surface area contributed by atoms with E-state index >= 15 is 0 Å². The lowest BCUT2D eigenvalue weighted by Crippen LogP contribution is -2.26. The summed E-state index contributed by atoms with van der Waals surface area (Å²) in [6, 6.07) is 0.346. The van der Waals surface area contributed by atoms with Gasteiger partial charge in [-0.3, -0.25) is 4.99 Å². The maximum Gasteiger partial charge on any atom is 0.156 e. The van der Waals surface area contributed by atoms with E-state index in [4.69, 9.17) is 10.5 Å². The van der Waals surface area contributed by atoms with Gasteiger partial charge in [-0.2, -0.15) is 0 Å². The number of ether oxygens (including phenoxy) is 1. The molecule has 0 bridgehead atoms. The number of nitrogens with zero attached hydrogens (tertiary/aromatic N) is 1. The molecule has 56 valence electrons. The molecule has 2 aliphatic heterocycles. The second kappa shape index (κ2) is 2.43. The van der Waals surface area contributed by atoms with Crippen LogP contribution in [0.4, 0.5) is 0 Å². The minimum absolute atomic E-state index is 0.230. The van der Waals surface area contributed by atoms with Crippen molar-refractivity contribution >= 4 is 16.9 Å². The third-order valence-corrected chi connectivity index (χ3v) is 2.80. The normalized spacial score (nSPS) is 39.0. The Labute approximate surface area is 64.0 Å². The first-order chi connectivity index (χ1) is 4.86. The van der Waals surface area contributed by atoms with Gasteiger partial charge in [-0.1, -0.05) is 11.8 Å². The van der Waals surface area contributed by atoms with Gasteiger partial charge in [0.1, 0.15) is 5.44 Å². The fourth-order valence-electron chi connectivity index (χ4n) is 1.29. The molecular formula is C6H10N2OS. The van der Waals surface area contributed by atoms with Gasteiger partial charge in [-0.05, 0) is 12.8 Å². The highest BCUT2D eigenvalue weighted by molar-refractivity contribution is 8.14.